The van der Waals surface area contributed by atoms with Gasteiger partial charge in [0, 0.05) is 0 Å². The van der Waals surface area contributed by atoms with Crippen LogP contribution in [0.1, 0.15) is 31.1 Å². The molecule has 0 spiro atoms. The van der Waals surface area contributed by atoms with Gasteiger partial charge >= 0.3 is 0 Å². The van der Waals surface area contributed by atoms with Crippen molar-refractivity contribution in [2.45, 2.75) is 26.9 Å². The summed E-state index contributed by atoms with van der Waals surface area (Å²) in [4.78, 5) is 11.9. The van der Waals surface area contributed by atoms with Crippen molar-refractivity contribution in [3.8, 4) is 28.4 Å². The molecule has 0 N–H and O–H groups in total. The number of hydrogen-bond acceptors (Lipinski definition) is 4. The van der Waals surface area contributed by atoms with Crippen LogP contribution in [0.5, 0.6) is 17.2 Å². The summed E-state index contributed by atoms with van der Waals surface area (Å²) in [6.45, 7) is 5.42. The number of rotatable bonds is 6. The van der Waals surface area contributed by atoms with Gasteiger partial charge in [-0.25, -0.2) is 0 Å². The minimum atomic E-state index is -0.0250. The summed E-state index contributed by atoms with van der Waals surface area (Å²) in [5, 5.41) is 0. The van der Waals surface area contributed by atoms with Crippen molar-refractivity contribution in [2.24, 2.45) is 0 Å². The predicted molar refractivity (Wildman–Crippen MR) is 90.8 cm³/mol. The Hall–Kier alpha value is -2.49. The second-order valence-corrected chi connectivity index (χ2v) is 5.50. The minimum Gasteiger partial charge on any atom is -0.493 e. The average molecular weight is 314 g/mol. The maximum absolute atomic E-state index is 11.9. The standard InChI is InChI=1S/C19H22O4/c1-12(2)23-17-8-6-14(10-16(17)13(3)20)15-7-9-18(21-4)19(11-15)22-5/h6-12H,1-5H3. The Morgan fingerprint density at radius 1 is 0.870 bits per heavy atom. The van der Waals surface area contributed by atoms with E-state index in [2.05, 4.69) is 0 Å². The van der Waals surface area contributed by atoms with Crippen molar-refractivity contribution < 1.29 is 19.0 Å². The third-order valence-corrected chi connectivity index (χ3v) is 3.44. The molecule has 0 atom stereocenters. The van der Waals surface area contributed by atoms with Crippen LogP contribution in [0.25, 0.3) is 11.1 Å². The van der Waals surface area contributed by atoms with Gasteiger partial charge in [-0.2, -0.15) is 0 Å². The van der Waals surface area contributed by atoms with Crippen LogP contribution in [-0.4, -0.2) is 26.1 Å². The summed E-state index contributed by atoms with van der Waals surface area (Å²) in [6, 6.07) is 11.3. The Labute approximate surface area is 137 Å². The lowest BCUT2D eigenvalue weighted by Gasteiger charge is -2.15. The molecule has 2 aromatic carbocycles. The molecule has 0 aliphatic rings. The molecule has 122 valence electrons. The van der Waals surface area contributed by atoms with Crippen LogP contribution in [0.3, 0.4) is 0 Å². The molecule has 0 amide bonds. The highest BCUT2D eigenvalue weighted by molar-refractivity contribution is 5.98. The lowest BCUT2D eigenvalue weighted by atomic mass is 10.0. The number of carbonyl (C=O) groups is 1. The highest BCUT2D eigenvalue weighted by Crippen LogP contribution is 2.34. The number of carbonyl (C=O) groups excluding carboxylic acids is 1. The number of ketones is 1. The van der Waals surface area contributed by atoms with Gasteiger partial charge in [-0.3, -0.25) is 4.79 Å². The maximum Gasteiger partial charge on any atom is 0.163 e. The largest absolute Gasteiger partial charge is 0.493 e. The fourth-order valence-electron chi connectivity index (χ4n) is 2.36. The van der Waals surface area contributed by atoms with Crippen molar-refractivity contribution in [1.82, 2.24) is 0 Å². The molecule has 0 saturated heterocycles. The van der Waals surface area contributed by atoms with Gasteiger partial charge < -0.3 is 14.2 Å². The van der Waals surface area contributed by atoms with Gasteiger partial charge in [0.1, 0.15) is 5.75 Å². The van der Waals surface area contributed by atoms with E-state index in [0.29, 0.717) is 22.8 Å². The van der Waals surface area contributed by atoms with Crippen LogP contribution in [0.2, 0.25) is 0 Å². The summed E-state index contributed by atoms with van der Waals surface area (Å²) in [7, 11) is 3.20. The summed E-state index contributed by atoms with van der Waals surface area (Å²) >= 11 is 0. The van der Waals surface area contributed by atoms with Crippen LogP contribution in [-0.2, 0) is 0 Å². The van der Waals surface area contributed by atoms with Gasteiger partial charge in [0.05, 0.1) is 25.9 Å². The monoisotopic (exact) mass is 314 g/mol. The summed E-state index contributed by atoms with van der Waals surface area (Å²) < 4.78 is 16.3. The second-order valence-electron chi connectivity index (χ2n) is 5.50. The Kier molecular flexibility index (Phi) is 5.27. The molecule has 0 unspecified atom stereocenters. The minimum absolute atomic E-state index is 0.0139. The lowest BCUT2D eigenvalue weighted by Crippen LogP contribution is -2.09. The summed E-state index contributed by atoms with van der Waals surface area (Å²) in [5.74, 6) is 1.90. The zero-order valence-corrected chi connectivity index (χ0v) is 14.2. The highest BCUT2D eigenvalue weighted by atomic mass is 16.5. The summed E-state index contributed by atoms with van der Waals surface area (Å²) in [5.41, 5.74) is 2.44. The van der Waals surface area contributed by atoms with Gasteiger partial charge in [-0.1, -0.05) is 12.1 Å². The smallest absolute Gasteiger partial charge is 0.163 e. The Morgan fingerprint density at radius 3 is 1.96 bits per heavy atom. The first kappa shape index (κ1) is 16.9. The van der Waals surface area contributed by atoms with Crippen molar-refractivity contribution in [3.05, 3.63) is 42.0 Å². The Morgan fingerprint density at radius 2 is 1.43 bits per heavy atom. The molecule has 0 bridgehead atoms. The molecule has 0 aliphatic heterocycles. The topological polar surface area (TPSA) is 44.8 Å². The molecule has 2 rings (SSSR count). The lowest BCUT2D eigenvalue weighted by molar-refractivity contribution is 0.101. The molecule has 0 aliphatic carbocycles. The predicted octanol–water partition coefficient (Wildman–Crippen LogP) is 4.36. The molecule has 0 aromatic heterocycles. The van der Waals surface area contributed by atoms with E-state index in [1.54, 1.807) is 21.1 Å². The second kappa shape index (κ2) is 7.18. The molecule has 0 fully saturated rings. The molecule has 0 radical (unpaired) electrons. The molecular weight excluding hydrogens is 292 g/mol. The maximum atomic E-state index is 11.9. The van der Waals surface area contributed by atoms with Gasteiger partial charge in [0.15, 0.2) is 17.3 Å². The first-order valence-electron chi connectivity index (χ1n) is 7.50. The Bertz CT molecular complexity index is 705. The number of benzene rings is 2. The van der Waals surface area contributed by atoms with Gasteiger partial charge in [-0.05, 0) is 56.2 Å². The van der Waals surface area contributed by atoms with E-state index in [9.17, 15) is 4.79 Å². The average Bonchev–Trinajstić information content (AvgIpc) is 2.53. The molecule has 2 aromatic rings. The van der Waals surface area contributed by atoms with Crippen LogP contribution in [0, 0.1) is 0 Å². The molecule has 0 saturated carbocycles. The first-order chi connectivity index (χ1) is 11.0. The molecule has 4 nitrogen and oxygen atoms in total. The third kappa shape index (κ3) is 3.83. The van der Waals surface area contributed by atoms with E-state index in [4.69, 9.17) is 14.2 Å². The van der Waals surface area contributed by atoms with E-state index >= 15 is 0 Å². The molecular formula is C19H22O4. The van der Waals surface area contributed by atoms with E-state index in [0.717, 1.165) is 11.1 Å². The van der Waals surface area contributed by atoms with Crippen LogP contribution in [0.15, 0.2) is 36.4 Å². The number of hydrogen-bond donors (Lipinski definition) is 0. The van der Waals surface area contributed by atoms with Crippen LogP contribution in [0.4, 0.5) is 0 Å². The Balaban J connectivity index is 2.48. The van der Waals surface area contributed by atoms with Gasteiger partial charge in [0.2, 0.25) is 0 Å². The zero-order chi connectivity index (χ0) is 17.0. The zero-order valence-electron chi connectivity index (χ0n) is 14.2. The van der Waals surface area contributed by atoms with Gasteiger partial charge in [0.25, 0.3) is 0 Å². The van der Waals surface area contributed by atoms with Crippen LogP contribution < -0.4 is 14.2 Å². The number of ether oxygens (including phenoxy) is 3. The van der Waals surface area contributed by atoms with E-state index in [-0.39, 0.29) is 11.9 Å². The molecule has 4 heteroatoms. The quantitative estimate of drug-likeness (QED) is 0.743. The molecule has 0 heterocycles. The SMILES string of the molecule is COc1ccc(-c2ccc(OC(C)C)c(C(C)=O)c2)cc1OC. The summed E-state index contributed by atoms with van der Waals surface area (Å²) in [6.07, 6.45) is 0.0139. The van der Waals surface area contributed by atoms with Crippen molar-refractivity contribution in [2.75, 3.05) is 14.2 Å². The van der Waals surface area contributed by atoms with Crippen molar-refractivity contribution in [3.63, 3.8) is 0 Å². The number of methoxy groups -OCH3 is 2. The van der Waals surface area contributed by atoms with Gasteiger partial charge in [-0.15, -0.1) is 0 Å². The fraction of sp³-hybridized carbons (Fsp3) is 0.316. The fourth-order valence-corrected chi connectivity index (χ4v) is 2.36. The van der Waals surface area contributed by atoms with Crippen molar-refractivity contribution >= 4 is 5.78 Å². The van der Waals surface area contributed by atoms with Crippen molar-refractivity contribution in [1.29, 1.82) is 0 Å². The van der Waals surface area contributed by atoms with E-state index in [1.807, 2.05) is 50.2 Å². The third-order valence-electron chi connectivity index (χ3n) is 3.44. The highest BCUT2D eigenvalue weighted by Gasteiger charge is 2.13. The first-order valence-corrected chi connectivity index (χ1v) is 7.50. The number of Topliss-reactive ketones (excluding diaryl/α,β-unsaturated/α-hetero) is 1. The van der Waals surface area contributed by atoms with E-state index in [1.165, 1.54) is 0 Å². The molecule has 23 heavy (non-hydrogen) atoms. The normalized spacial score (nSPS) is 10.5. The van der Waals surface area contributed by atoms with Crippen LogP contribution >= 0.6 is 0 Å². The van der Waals surface area contributed by atoms with E-state index < -0.39 is 0 Å².